The van der Waals surface area contributed by atoms with Crippen LogP contribution in [-0.4, -0.2) is 55.2 Å². The summed E-state index contributed by atoms with van der Waals surface area (Å²) in [6.07, 6.45) is 4.60. The number of anilines is 1. The zero-order chi connectivity index (χ0) is 22.2. The summed E-state index contributed by atoms with van der Waals surface area (Å²) in [6.45, 7) is 10.6. The van der Waals surface area contributed by atoms with Crippen LogP contribution < -0.4 is 15.1 Å². The summed E-state index contributed by atoms with van der Waals surface area (Å²) >= 11 is 0. The number of hydrogen-bond acceptors (Lipinski definition) is 3. The van der Waals surface area contributed by atoms with E-state index in [1.807, 2.05) is 0 Å². The summed E-state index contributed by atoms with van der Waals surface area (Å²) in [4.78, 5) is 30.9. The molecule has 3 fully saturated rings. The summed E-state index contributed by atoms with van der Waals surface area (Å²) in [5.74, 6) is 0.346. The van der Waals surface area contributed by atoms with E-state index in [1.165, 1.54) is 21.9 Å². The Balaban J connectivity index is 1.33. The highest BCUT2D eigenvalue weighted by Gasteiger charge is 2.54. The van der Waals surface area contributed by atoms with E-state index in [0.717, 1.165) is 64.0 Å². The Morgan fingerprint density at radius 1 is 1.13 bits per heavy atom. The molecule has 1 spiro atoms. The van der Waals surface area contributed by atoms with Crippen molar-refractivity contribution in [2.75, 3.05) is 37.7 Å². The molecule has 170 valence electrons. The van der Waals surface area contributed by atoms with E-state index in [9.17, 15) is 14.0 Å². The number of hydrogen-bond donors (Lipinski definition) is 2. The second-order valence-corrected chi connectivity index (χ2v) is 10.2. The molecule has 1 aromatic rings. The third-order valence-electron chi connectivity index (χ3n) is 8.15. The van der Waals surface area contributed by atoms with E-state index in [0.29, 0.717) is 12.6 Å². The van der Waals surface area contributed by atoms with Crippen LogP contribution >= 0.6 is 0 Å². The van der Waals surface area contributed by atoms with Crippen LogP contribution in [0, 0.1) is 17.2 Å². The molecule has 0 radical (unpaired) electrons. The first-order chi connectivity index (χ1) is 14.7. The van der Waals surface area contributed by atoms with Gasteiger partial charge in [0.05, 0.1) is 26.2 Å². The minimum Gasteiger partial charge on any atom is -0.360 e. The molecule has 3 aliphatic rings. The minimum absolute atomic E-state index is 0.0290. The zero-order valence-corrected chi connectivity index (χ0v) is 19.0. The first-order valence-electron chi connectivity index (χ1n) is 11.7. The lowest BCUT2D eigenvalue weighted by Gasteiger charge is -2.42. The predicted octanol–water partition coefficient (Wildman–Crippen LogP) is 2.41. The number of nitrogens with one attached hydrogen (secondary N) is 2. The van der Waals surface area contributed by atoms with Gasteiger partial charge in [-0.05, 0) is 61.3 Å². The monoisotopic (exact) mass is 431 g/mol. The van der Waals surface area contributed by atoms with Gasteiger partial charge in [-0.1, -0.05) is 27.2 Å². The topological polar surface area (TPSA) is 57.1 Å². The Morgan fingerprint density at radius 3 is 2.32 bits per heavy atom. The van der Waals surface area contributed by atoms with Crippen molar-refractivity contribution >= 4 is 17.6 Å². The van der Waals surface area contributed by atoms with Crippen molar-refractivity contribution in [1.82, 2.24) is 10.2 Å². The highest BCUT2D eigenvalue weighted by atomic mass is 19.1. The summed E-state index contributed by atoms with van der Waals surface area (Å²) in [5, 5.41) is 3.07. The van der Waals surface area contributed by atoms with Crippen molar-refractivity contribution in [2.45, 2.75) is 58.4 Å². The van der Waals surface area contributed by atoms with Crippen molar-refractivity contribution in [2.24, 2.45) is 11.3 Å². The molecular formula is C24H36FN4O2+. The minimum atomic E-state index is -0.688. The molecule has 2 saturated heterocycles. The van der Waals surface area contributed by atoms with Crippen molar-refractivity contribution in [3.63, 3.8) is 0 Å². The second-order valence-electron chi connectivity index (χ2n) is 10.2. The molecule has 2 N–H and O–H groups in total. The number of halogens is 1. The van der Waals surface area contributed by atoms with E-state index in [4.69, 9.17) is 0 Å². The number of amides is 3. The van der Waals surface area contributed by atoms with Gasteiger partial charge in [-0.25, -0.2) is 14.1 Å². The van der Waals surface area contributed by atoms with E-state index in [-0.39, 0.29) is 23.2 Å². The predicted molar refractivity (Wildman–Crippen MR) is 118 cm³/mol. The van der Waals surface area contributed by atoms with Gasteiger partial charge in [-0.2, -0.15) is 0 Å². The van der Waals surface area contributed by atoms with Crippen molar-refractivity contribution in [3.05, 3.63) is 30.1 Å². The molecule has 31 heavy (non-hydrogen) atoms. The van der Waals surface area contributed by atoms with E-state index < -0.39 is 5.54 Å². The first-order valence-corrected chi connectivity index (χ1v) is 11.7. The largest absolute Gasteiger partial charge is 0.360 e. The molecule has 1 aromatic carbocycles. The van der Waals surface area contributed by atoms with Gasteiger partial charge in [0.2, 0.25) is 0 Å². The number of urea groups is 1. The summed E-state index contributed by atoms with van der Waals surface area (Å²) in [6, 6.07) is 6.34. The molecule has 0 unspecified atom stereocenters. The summed E-state index contributed by atoms with van der Waals surface area (Å²) in [5.41, 5.74) is 0.606. The molecule has 2 heterocycles. The third kappa shape index (κ3) is 4.29. The van der Waals surface area contributed by atoms with Crippen LogP contribution in [0.4, 0.5) is 14.9 Å². The molecule has 3 amide bonds. The van der Waals surface area contributed by atoms with Gasteiger partial charge >= 0.3 is 6.03 Å². The van der Waals surface area contributed by atoms with Gasteiger partial charge in [0.15, 0.2) is 6.67 Å². The maximum atomic E-state index is 13.3. The maximum absolute atomic E-state index is 13.3. The zero-order valence-electron chi connectivity index (χ0n) is 19.0. The summed E-state index contributed by atoms with van der Waals surface area (Å²) in [7, 11) is 0. The summed E-state index contributed by atoms with van der Waals surface area (Å²) < 4.78 is 13.2. The second kappa shape index (κ2) is 8.41. The fourth-order valence-electron chi connectivity index (χ4n) is 5.45. The number of benzene rings is 1. The number of rotatable bonds is 5. The van der Waals surface area contributed by atoms with Crippen LogP contribution in [0.15, 0.2) is 24.3 Å². The van der Waals surface area contributed by atoms with Crippen LogP contribution in [-0.2, 0) is 4.79 Å². The Morgan fingerprint density at radius 2 is 1.74 bits per heavy atom. The highest BCUT2D eigenvalue weighted by Crippen LogP contribution is 2.44. The molecule has 7 heteroatoms. The number of carbonyl (C=O) groups excluding carboxylic acids is 2. The normalized spacial score (nSPS) is 27.8. The standard InChI is InChI=1S/C24H35FN4O2/c1-4-23(2,3)18-9-11-24(12-10-18)21(30)29(22(31)26-24)17-27-13-15-28(16-14-27)20-7-5-19(25)6-8-20/h5-8,18H,4,9-17H2,1-3H3,(H,26,31)/p+1. The number of imide groups is 1. The fourth-order valence-corrected chi connectivity index (χ4v) is 5.45. The average molecular weight is 432 g/mol. The number of nitrogens with zero attached hydrogens (tertiary/aromatic N) is 2. The van der Waals surface area contributed by atoms with Gasteiger partial charge < -0.3 is 15.1 Å². The lowest BCUT2D eigenvalue weighted by molar-refractivity contribution is -0.907. The first kappa shape index (κ1) is 22.1. The van der Waals surface area contributed by atoms with Crippen LogP contribution in [0.5, 0.6) is 0 Å². The van der Waals surface area contributed by atoms with Crippen LogP contribution in [0.3, 0.4) is 0 Å². The molecule has 1 saturated carbocycles. The molecule has 2 aliphatic heterocycles. The smallest absolute Gasteiger partial charge is 0.329 e. The van der Waals surface area contributed by atoms with Gasteiger partial charge in [-0.3, -0.25) is 4.79 Å². The van der Waals surface area contributed by atoms with Crippen LogP contribution in [0.1, 0.15) is 52.9 Å². The van der Waals surface area contributed by atoms with Gasteiger partial charge in [0.1, 0.15) is 11.4 Å². The van der Waals surface area contributed by atoms with Gasteiger partial charge in [-0.15, -0.1) is 0 Å². The molecule has 1 aliphatic carbocycles. The van der Waals surface area contributed by atoms with Crippen molar-refractivity contribution in [3.8, 4) is 0 Å². The van der Waals surface area contributed by atoms with Crippen LogP contribution in [0.25, 0.3) is 0 Å². The quantitative estimate of drug-likeness (QED) is 0.704. The van der Waals surface area contributed by atoms with Crippen LogP contribution in [0.2, 0.25) is 0 Å². The third-order valence-corrected chi connectivity index (χ3v) is 8.15. The lowest BCUT2D eigenvalue weighted by atomic mass is 9.65. The number of quaternary nitrogens is 1. The Bertz CT molecular complexity index is 809. The van der Waals surface area contributed by atoms with Crippen molar-refractivity contribution < 1.29 is 18.9 Å². The molecule has 0 bridgehead atoms. The lowest BCUT2D eigenvalue weighted by Crippen LogP contribution is -3.16. The molecule has 6 nitrogen and oxygen atoms in total. The molecular weight excluding hydrogens is 395 g/mol. The van der Waals surface area contributed by atoms with E-state index in [1.54, 1.807) is 12.1 Å². The number of carbonyl (C=O) groups is 2. The van der Waals surface area contributed by atoms with Gasteiger partial charge in [0, 0.05) is 5.69 Å². The highest BCUT2D eigenvalue weighted by molar-refractivity contribution is 6.06. The molecule has 0 aromatic heterocycles. The SMILES string of the molecule is CCC(C)(C)C1CCC2(CC1)NC(=O)N(C[NH+]1CCN(c3ccc(F)cc3)CC1)C2=O. The molecule has 0 atom stereocenters. The molecule has 4 rings (SSSR count). The Labute approximate surface area is 184 Å². The van der Waals surface area contributed by atoms with E-state index in [2.05, 4.69) is 31.0 Å². The maximum Gasteiger partial charge on any atom is 0.329 e. The van der Waals surface area contributed by atoms with Crippen molar-refractivity contribution in [1.29, 1.82) is 0 Å². The van der Waals surface area contributed by atoms with Gasteiger partial charge in [0.25, 0.3) is 5.91 Å². The Hall–Kier alpha value is -2.15. The Kier molecular flexibility index (Phi) is 5.99. The van der Waals surface area contributed by atoms with E-state index >= 15 is 0 Å². The number of piperazine rings is 1. The average Bonchev–Trinajstić information content (AvgIpc) is 2.99. The fraction of sp³-hybridized carbons (Fsp3) is 0.667.